The Morgan fingerprint density at radius 2 is 2.28 bits per heavy atom. The molecule has 0 radical (unpaired) electrons. The number of aliphatic hydroxyl groups is 1. The fraction of sp³-hybridized carbons (Fsp3) is 0.333. The van der Waals surface area contributed by atoms with Crippen molar-refractivity contribution in [1.82, 2.24) is 9.97 Å². The summed E-state index contributed by atoms with van der Waals surface area (Å²) in [5, 5.41) is 12.9. The van der Waals surface area contributed by atoms with Crippen LogP contribution >= 0.6 is 15.9 Å². The van der Waals surface area contributed by atoms with Crippen molar-refractivity contribution in [1.29, 1.82) is 0 Å². The highest BCUT2D eigenvalue weighted by molar-refractivity contribution is 9.10. The smallest absolute Gasteiger partial charge is 0.223 e. The summed E-state index contributed by atoms with van der Waals surface area (Å²) in [4.78, 5) is 8.58. The summed E-state index contributed by atoms with van der Waals surface area (Å²) in [6.07, 6.45) is 1.74. The normalized spacial score (nSPS) is 12.4. The lowest BCUT2D eigenvalue weighted by atomic mass is 10.2. The van der Waals surface area contributed by atoms with E-state index in [1.165, 1.54) is 0 Å². The summed E-state index contributed by atoms with van der Waals surface area (Å²) in [5.74, 6) is 1.22. The largest absolute Gasteiger partial charge is 0.495 e. The van der Waals surface area contributed by atoms with E-state index in [0.717, 1.165) is 21.1 Å². The van der Waals surface area contributed by atoms with Gasteiger partial charge in [-0.2, -0.15) is 0 Å². The molecule has 1 aromatic carbocycles. The van der Waals surface area contributed by atoms with Crippen molar-refractivity contribution in [3.05, 3.63) is 22.8 Å². The molecule has 0 saturated carbocycles. The molecule has 2 rings (SSSR count). The fourth-order valence-corrected chi connectivity index (χ4v) is 2.05. The third-order valence-corrected chi connectivity index (χ3v) is 3.12. The number of aliphatic hydroxyl groups excluding tert-OH is 1. The van der Waals surface area contributed by atoms with E-state index < -0.39 is 0 Å². The van der Waals surface area contributed by atoms with E-state index in [1.54, 1.807) is 13.3 Å². The number of benzene rings is 1. The molecule has 2 aromatic rings. The number of ether oxygens (including phenoxy) is 1. The number of nitrogens with zero attached hydrogens (tertiary/aromatic N) is 2. The molecule has 0 aliphatic carbocycles. The average Bonchev–Trinajstić information content (AvgIpc) is 2.38. The van der Waals surface area contributed by atoms with E-state index in [1.807, 2.05) is 19.1 Å². The van der Waals surface area contributed by atoms with Gasteiger partial charge < -0.3 is 15.2 Å². The molecule has 1 atom stereocenters. The van der Waals surface area contributed by atoms with Gasteiger partial charge in [-0.25, -0.2) is 9.97 Å². The van der Waals surface area contributed by atoms with Crippen LogP contribution in [0.2, 0.25) is 0 Å². The van der Waals surface area contributed by atoms with Gasteiger partial charge >= 0.3 is 0 Å². The first-order chi connectivity index (χ1) is 8.63. The number of hydrogen-bond donors (Lipinski definition) is 2. The molecule has 5 nitrogen and oxygen atoms in total. The molecule has 2 N–H and O–H groups in total. The monoisotopic (exact) mass is 311 g/mol. The zero-order valence-corrected chi connectivity index (χ0v) is 11.7. The Labute approximate surface area is 113 Å². The van der Waals surface area contributed by atoms with Crippen LogP contribution in [0.25, 0.3) is 10.9 Å². The number of rotatable bonds is 4. The molecule has 1 aromatic heterocycles. The van der Waals surface area contributed by atoms with Crippen molar-refractivity contribution in [3.8, 4) is 5.75 Å². The molecule has 0 spiro atoms. The van der Waals surface area contributed by atoms with Gasteiger partial charge in [0.25, 0.3) is 0 Å². The van der Waals surface area contributed by atoms with E-state index in [2.05, 4.69) is 31.2 Å². The molecule has 96 valence electrons. The van der Waals surface area contributed by atoms with Crippen LogP contribution in [0.3, 0.4) is 0 Å². The lowest BCUT2D eigenvalue weighted by Gasteiger charge is -2.11. The number of aromatic nitrogens is 2. The van der Waals surface area contributed by atoms with E-state index >= 15 is 0 Å². The number of nitrogens with one attached hydrogen (secondary N) is 1. The summed E-state index contributed by atoms with van der Waals surface area (Å²) in [5.41, 5.74) is 0.790. The molecule has 0 saturated heterocycles. The van der Waals surface area contributed by atoms with Crippen LogP contribution in [0.5, 0.6) is 5.75 Å². The third kappa shape index (κ3) is 2.70. The highest BCUT2D eigenvalue weighted by Crippen LogP contribution is 2.29. The zero-order chi connectivity index (χ0) is 13.1. The maximum absolute atomic E-state index is 8.98. The topological polar surface area (TPSA) is 67.3 Å². The second-order valence-electron chi connectivity index (χ2n) is 3.97. The molecule has 1 unspecified atom stereocenters. The van der Waals surface area contributed by atoms with Crippen LogP contribution in [0.15, 0.2) is 22.8 Å². The van der Waals surface area contributed by atoms with E-state index in [-0.39, 0.29) is 12.6 Å². The van der Waals surface area contributed by atoms with Gasteiger partial charge in [0, 0.05) is 23.7 Å². The summed E-state index contributed by atoms with van der Waals surface area (Å²) < 4.78 is 6.09. The van der Waals surface area contributed by atoms with Gasteiger partial charge in [-0.1, -0.05) is 0 Å². The van der Waals surface area contributed by atoms with Gasteiger partial charge in [-0.3, -0.25) is 0 Å². The van der Waals surface area contributed by atoms with Crippen LogP contribution in [0.1, 0.15) is 6.92 Å². The maximum Gasteiger partial charge on any atom is 0.223 e. The Kier molecular flexibility index (Phi) is 3.98. The number of fused-ring (bicyclic) bond motifs is 1. The maximum atomic E-state index is 8.98. The van der Waals surface area contributed by atoms with Gasteiger partial charge in [0.05, 0.1) is 23.7 Å². The summed E-state index contributed by atoms with van der Waals surface area (Å²) in [6.45, 7) is 1.89. The molecule has 0 aliphatic heterocycles. The minimum absolute atomic E-state index is 0.0328. The predicted molar refractivity (Wildman–Crippen MR) is 74.0 cm³/mol. The second-order valence-corrected chi connectivity index (χ2v) is 4.82. The highest BCUT2D eigenvalue weighted by atomic mass is 79.9. The van der Waals surface area contributed by atoms with Crippen molar-refractivity contribution < 1.29 is 9.84 Å². The first-order valence-electron chi connectivity index (χ1n) is 5.51. The van der Waals surface area contributed by atoms with E-state index in [4.69, 9.17) is 9.84 Å². The van der Waals surface area contributed by atoms with Crippen LogP contribution in [-0.2, 0) is 0 Å². The summed E-state index contributed by atoms with van der Waals surface area (Å²) >= 11 is 3.42. The minimum Gasteiger partial charge on any atom is -0.495 e. The Morgan fingerprint density at radius 1 is 1.50 bits per heavy atom. The van der Waals surface area contributed by atoms with Crippen molar-refractivity contribution in [2.75, 3.05) is 19.0 Å². The lowest BCUT2D eigenvalue weighted by molar-refractivity contribution is 0.281. The standard InChI is InChI=1S/C12H14BrN3O2/c1-7(6-17)15-12-14-5-8-3-9(13)11(18-2)4-10(8)16-12/h3-5,7,17H,6H2,1-2H3,(H,14,15,16). The predicted octanol–water partition coefficient (Wildman–Crippen LogP) is 2.19. The minimum atomic E-state index is -0.0835. The SMILES string of the molecule is COc1cc2nc(NC(C)CO)ncc2cc1Br. The van der Waals surface area contributed by atoms with Crippen LogP contribution < -0.4 is 10.1 Å². The Morgan fingerprint density at radius 3 is 2.94 bits per heavy atom. The first kappa shape index (κ1) is 13.0. The molecule has 18 heavy (non-hydrogen) atoms. The zero-order valence-electron chi connectivity index (χ0n) is 10.1. The number of halogens is 1. The van der Waals surface area contributed by atoms with Crippen LogP contribution in [0.4, 0.5) is 5.95 Å². The van der Waals surface area contributed by atoms with Crippen molar-refractivity contribution in [2.45, 2.75) is 13.0 Å². The second kappa shape index (κ2) is 5.49. The van der Waals surface area contributed by atoms with E-state index in [0.29, 0.717) is 5.95 Å². The molecule has 6 heteroatoms. The van der Waals surface area contributed by atoms with Crippen LogP contribution in [-0.4, -0.2) is 34.8 Å². The van der Waals surface area contributed by atoms with Gasteiger partial charge in [0.2, 0.25) is 5.95 Å². The van der Waals surface area contributed by atoms with Gasteiger partial charge in [0.1, 0.15) is 5.75 Å². The molecule has 0 fully saturated rings. The molecular formula is C12H14BrN3O2. The molecular weight excluding hydrogens is 298 g/mol. The molecule has 0 aliphatic rings. The van der Waals surface area contributed by atoms with E-state index in [9.17, 15) is 0 Å². The van der Waals surface area contributed by atoms with Gasteiger partial charge in [-0.15, -0.1) is 0 Å². The Hall–Kier alpha value is -1.40. The Balaban J connectivity index is 2.40. The van der Waals surface area contributed by atoms with Crippen molar-refractivity contribution in [2.24, 2.45) is 0 Å². The van der Waals surface area contributed by atoms with Crippen molar-refractivity contribution >= 4 is 32.8 Å². The van der Waals surface area contributed by atoms with Crippen LogP contribution in [0, 0.1) is 0 Å². The molecule has 1 heterocycles. The van der Waals surface area contributed by atoms with Crippen molar-refractivity contribution in [3.63, 3.8) is 0 Å². The number of hydrogen-bond acceptors (Lipinski definition) is 5. The third-order valence-electron chi connectivity index (χ3n) is 2.50. The summed E-state index contributed by atoms with van der Waals surface area (Å²) in [7, 11) is 1.61. The highest BCUT2D eigenvalue weighted by Gasteiger charge is 2.07. The molecule has 0 amide bonds. The number of anilines is 1. The molecule has 0 bridgehead atoms. The van der Waals surface area contributed by atoms with Gasteiger partial charge in [-0.05, 0) is 28.9 Å². The van der Waals surface area contributed by atoms with Gasteiger partial charge in [0.15, 0.2) is 0 Å². The Bertz CT molecular complexity index is 562. The first-order valence-corrected chi connectivity index (χ1v) is 6.31. The lowest BCUT2D eigenvalue weighted by Crippen LogP contribution is -2.20. The quantitative estimate of drug-likeness (QED) is 0.906. The fourth-order valence-electron chi connectivity index (χ4n) is 1.52. The number of methoxy groups -OCH3 is 1. The average molecular weight is 312 g/mol. The summed E-state index contributed by atoms with van der Waals surface area (Å²) in [6, 6.07) is 3.67.